The third-order valence-corrected chi connectivity index (χ3v) is 3.56. The van der Waals surface area contributed by atoms with Crippen molar-refractivity contribution < 1.29 is 19.5 Å². The Hall–Kier alpha value is -1.52. The zero-order valence-corrected chi connectivity index (χ0v) is 8.41. The highest BCUT2D eigenvalue weighted by Gasteiger charge is 2.44. The van der Waals surface area contributed by atoms with Gasteiger partial charge in [0.05, 0.1) is 11.8 Å². The summed E-state index contributed by atoms with van der Waals surface area (Å²) in [5.41, 5.74) is 0.283. The molecule has 0 spiro atoms. The molecule has 0 unspecified atom stereocenters. The lowest BCUT2D eigenvalue weighted by Crippen LogP contribution is -2.53. The van der Waals surface area contributed by atoms with Crippen molar-refractivity contribution in [2.45, 2.75) is 11.8 Å². The van der Waals surface area contributed by atoms with Gasteiger partial charge in [0, 0.05) is 17.4 Å². The van der Waals surface area contributed by atoms with E-state index in [2.05, 4.69) is 0 Å². The van der Waals surface area contributed by atoms with E-state index in [1.54, 1.807) is 5.94 Å². The average molecular weight is 225 g/mol. The lowest BCUT2D eigenvalue weighted by atomic mass is 10.1. The molecule has 0 aromatic carbocycles. The van der Waals surface area contributed by atoms with Gasteiger partial charge >= 0.3 is 5.97 Å². The standard InChI is InChI=1S/C9H7NO4S/c11-2-1-5-4-15-7-3-6(12)10(7)8(5)9(13)14/h1,7H,3-4H2,(H,13,14)/t7-/m1/s1. The van der Waals surface area contributed by atoms with Crippen LogP contribution in [0.25, 0.3) is 0 Å². The minimum atomic E-state index is -1.17. The number of rotatable bonds is 2. The largest absolute Gasteiger partial charge is 0.477 e. The summed E-state index contributed by atoms with van der Waals surface area (Å²) in [4.78, 5) is 33.6. The second-order valence-corrected chi connectivity index (χ2v) is 4.34. The molecule has 0 radical (unpaired) electrons. The molecule has 1 fully saturated rings. The zero-order valence-electron chi connectivity index (χ0n) is 7.60. The Morgan fingerprint density at radius 3 is 2.93 bits per heavy atom. The van der Waals surface area contributed by atoms with E-state index in [9.17, 15) is 14.4 Å². The highest BCUT2D eigenvalue weighted by atomic mass is 32.2. The Bertz CT molecular complexity index is 422. The van der Waals surface area contributed by atoms with E-state index >= 15 is 0 Å². The van der Waals surface area contributed by atoms with Crippen LogP contribution in [0, 0.1) is 0 Å². The second kappa shape index (κ2) is 3.56. The monoisotopic (exact) mass is 225 g/mol. The molecular weight excluding hydrogens is 218 g/mol. The first-order chi connectivity index (χ1) is 7.15. The number of nitrogens with zero attached hydrogens (tertiary/aromatic N) is 1. The summed E-state index contributed by atoms with van der Waals surface area (Å²) in [6.45, 7) is 0. The van der Waals surface area contributed by atoms with Crippen LogP contribution in [0.2, 0.25) is 0 Å². The van der Waals surface area contributed by atoms with Gasteiger partial charge in [-0.3, -0.25) is 9.69 Å². The third kappa shape index (κ3) is 1.48. The lowest BCUT2D eigenvalue weighted by molar-refractivity contribution is -0.146. The van der Waals surface area contributed by atoms with E-state index in [1.165, 1.54) is 16.7 Å². The van der Waals surface area contributed by atoms with E-state index in [0.717, 1.165) is 6.08 Å². The van der Waals surface area contributed by atoms with E-state index in [0.29, 0.717) is 17.7 Å². The van der Waals surface area contributed by atoms with Crippen molar-refractivity contribution in [2.75, 3.05) is 5.75 Å². The molecule has 6 heteroatoms. The fourth-order valence-corrected chi connectivity index (χ4v) is 2.84. The third-order valence-electron chi connectivity index (χ3n) is 2.32. The first-order valence-corrected chi connectivity index (χ1v) is 5.31. The number of fused-ring (bicyclic) bond motifs is 1. The number of carbonyl (C=O) groups excluding carboxylic acids is 2. The minimum Gasteiger partial charge on any atom is -0.477 e. The van der Waals surface area contributed by atoms with Crippen molar-refractivity contribution in [1.29, 1.82) is 0 Å². The van der Waals surface area contributed by atoms with Gasteiger partial charge in [-0.25, -0.2) is 9.59 Å². The first-order valence-electron chi connectivity index (χ1n) is 4.26. The lowest BCUT2D eigenvalue weighted by Gasteiger charge is -2.43. The average Bonchev–Trinajstić information content (AvgIpc) is 2.18. The maximum Gasteiger partial charge on any atom is 0.352 e. The van der Waals surface area contributed by atoms with Crippen molar-refractivity contribution in [3.05, 3.63) is 17.3 Å². The summed E-state index contributed by atoms with van der Waals surface area (Å²) >= 11 is 1.46. The summed E-state index contributed by atoms with van der Waals surface area (Å²) in [5.74, 6) is 0.606. The van der Waals surface area contributed by atoms with E-state index < -0.39 is 5.97 Å². The van der Waals surface area contributed by atoms with E-state index in [1.807, 2.05) is 0 Å². The van der Waals surface area contributed by atoms with Gasteiger partial charge in [-0.2, -0.15) is 0 Å². The van der Waals surface area contributed by atoms with Gasteiger partial charge in [0.15, 0.2) is 0 Å². The number of thioether (sulfide) groups is 1. The fraction of sp³-hybridized carbons (Fsp3) is 0.333. The van der Waals surface area contributed by atoms with Crippen LogP contribution in [-0.2, 0) is 14.4 Å². The van der Waals surface area contributed by atoms with Crippen molar-refractivity contribution in [3.63, 3.8) is 0 Å². The Kier molecular flexibility index (Phi) is 2.38. The van der Waals surface area contributed by atoms with Gasteiger partial charge in [0.1, 0.15) is 11.6 Å². The predicted molar refractivity (Wildman–Crippen MR) is 52.6 cm³/mol. The number of hydrogen-bond acceptors (Lipinski definition) is 4. The van der Waals surface area contributed by atoms with Crippen LogP contribution in [-0.4, -0.2) is 39.0 Å². The number of amides is 1. The van der Waals surface area contributed by atoms with E-state index in [4.69, 9.17) is 5.11 Å². The maximum atomic E-state index is 11.2. The Morgan fingerprint density at radius 2 is 2.40 bits per heavy atom. The maximum absolute atomic E-state index is 11.2. The summed E-state index contributed by atoms with van der Waals surface area (Å²) in [6.07, 6.45) is 1.46. The van der Waals surface area contributed by atoms with Gasteiger partial charge in [-0.05, 0) is 0 Å². The normalized spacial score (nSPS) is 24.1. The second-order valence-electron chi connectivity index (χ2n) is 3.17. The van der Waals surface area contributed by atoms with Gasteiger partial charge in [0.2, 0.25) is 5.91 Å². The van der Waals surface area contributed by atoms with Crippen LogP contribution in [0.5, 0.6) is 0 Å². The number of aliphatic carboxylic acids is 1. The van der Waals surface area contributed by atoms with Crippen molar-refractivity contribution >= 4 is 29.6 Å². The smallest absolute Gasteiger partial charge is 0.352 e. The van der Waals surface area contributed by atoms with Gasteiger partial charge < -0.3 is 5.11 Å². The topological polar surface area (TPSA) is 74.7 Å². The highest BCUT2D eigenvalue weighted by Crippen LogP contribution is 2.39. The van der Waals surface area contributed by atoms with Crippen molar-refractivity contribution in [1.82, 2.24) is 4.90 Å². The molecule has 0 aromatic heterocycles. The molecular formula is C9H7NO4S. The minimum absolute atomic E-state index is 0.0710. The number of carboxylic acid groups (broad SMARTS) is 1. The molecule has 5 nitrogen and oxygen atoms in total. The Morgan fingerprint density at radius 1 is 1.67 bits per heavy atom. The molecule has 1 atom stereocenters. The van der Waals surface area contributed by atoms with Crippen LogP contribution < -0.4 is 0 Å². The Labute approximate surface area is 89.4 Å². The predicted octanol–water partition coefficient (Wildman–Crippen LogP) is 0.0181. The van der Waals surface area contributed by atoms with Gasteiger partial charge in [-0.15, -0.1) is 11.8 Å². The summed E-state index contributed by atoms with van der Waals surface area (Å²) in [7, 11) is 0. The molecule has 1 N–H and O–H groups in total. The molecule has 0 aliphatic carbocycles. The number of carbonyl (C=O) groups is 2. The Balaban J connectivity index is 2.45. The number of β-lactam (4-membered cyclic amide) rings is 1. The van der Waals surface area contributed by atoms with Gasteiger partial charge in [0.25, 0.3) is 0 Å². The molecule has 2 aliphatic heterocycles. The van der Waals surface area contributed by atoms with Crippen LogP contribution >= 0.6 is 11.8 Å². The molecule has 2 aliphatic rings. The molecule has 1 saturated heterocycles. The molecule has 0 aromatic rings. The first kappa shape index (κ1) is 10.0. The molecule has 15 heavy (non-hydrogen) atoms. The highest BCUT2D eigenvalue weighted by molar-refractivity contribution is 8.00. The summed E-state index contributed by atoms with van der Waals surface area (Å²) < 4.78 is 0. The molecule has 2 heterocycles. The van der Waals surface area contributed by atoms with Crippen LogP contribution in [0.3, 0.4) is 0 Å². The molecule has 2 rings (SSSR count). The van der Waals surface area contributed by atoms with Crippen molar-refractivity contribution in [3.8, 4) is 0 Å². The quantitative estimate of drug-likeness (QED) is 0.529. The van der Waals surface area contributed by atoms with Gasteiger partial charge in [-0.1, -0.05) is 0 Å². The fourth-order valence-electron chi connectivity index (χ4n) is 1.62. The molecule has 0 bridgehead atoms. The SMILES string of the molecule is O=C=CC1=C(C(=O)O)N2C(=O)C[C@H]2SC1. The number of hydrogen-bond donors (Lipinski definition) is 1. The zero-order chi connectivity index (χ0) is 11.0. The summed E-state index contributed by atoms with van der Waals surface area (Å²) in [5, 5.41) is 8.89. The van der Waals surface area contributed by atoms with Crippen LogP contribution in [0.4, 0.5) is 0 Å². The molecule has 0 saturated carbocycles. The number of carboxylic acids is 1. The summed E-state index contributed by atoms with van der Waals surface area (Å²) in [6, 6.07) is 0. The van der Waals surface area contributed by atoms with E-state index in [-0.39, 0.29) is 17.0 Å². The number of allylic oxidation sites excluding steroid dienone is 1. The van der Waals surface area contributed by atoms with Crippen LogP contribution in [0.1, 0.15) is 6.42 Å². The molecule has 78 valence electrons. The van der Waals surface area contributed by atoms with Crippen molar-refractivity contribution in [2.24, 2.45) is 0 Å². The van der Waals surface area contributed by atoms with Crippen LogP contribution in [0.15, 0.2) is 17.3 Å². The molecule has 1 amide bonds.